The Labute approximate surface area is 137 Å². The summed E-state index contributed by atoms with van der Waals surface area (Å²) in [4.78, 5) is 4.59. The first kappa shape index (κ1) is 15.0. The van der Waals surface area contributed by atoms with Gasteiger partial charge in [0, 0.05) is 11.8 Å². The van der Waals surface area contributed by atoms with Crippen molar-refractivity contribution in [2.45, 2.75) is 13.5 Å². The molecule has 0 saturated heterocycles. The molecule has 23 heavy (non-hydrogen) atoms. The molecule has 3 rings (SSSR count). The Balaban J connectivity index is 1.77. The highest BCUT2D eigenvalue weighted by atomic mass is 16.5. The number of rotatable bonds is 5. The van der Waals surface area contributed by atoms with Crippen LogP contribution in [0.4, 0.5) is 5.69 Å². The van der Waals surface area contributed by atoms with E-state index in [9.17, 15) is 0 Å². The smallest absolute Gasteiger partial charge is 0.128 e. The summed E-state index contributed by atoms with van der Waals surface area (Å²) in [7, 11) is 0. The molecule has 0 bridgehead atoms. The molecule has 114 valence electrons. The monoisotopic (exact) mass is 301 g/mol. The number of nitrogens with zero attached hydrogens (tertiary/aromatic N) is 1. The minimum atomic E-state index is 0.552. The number of ether oxygens (including phenoxy) is 1. The number of aliphatic imine (C=N–C) groups is 1. The average molecular weight is 301 g/mol. The number of aryl methyl sites for hydroxylation is 1. The molecule has 0 aromatic heterocycles. The molecular formula is C21H19NO. The molecule has 0 heterocycles. The molecule has 2 heteroatoms. The fourth-order valence-corrected chi connectivity index (χ4v) is 2.30. The molecule has 0 aliphatic carbocycles. The van der Waals surface area contributed by atoms with Crippen LogP contribution < -0.4 is 4.74 Å². The van der Waals surface area contributed by atoms with Gasteiger partial charge in [-0.05, 0) is 36.2 Å². The van der Waals surface area contributed by atoms with Crippen molar-refractivity contribution in [2.24, 2.45) is 4.99 Å². The Morgan fingerprint density at radius 2 is 1.52 bits per heavy atom. The summed E-state index contributed by atoms with van der Waals surface area (Å²) in [5.41, 5.74) is 4.27. The molecule has 0 aliphatic rings. The standard InChI is InChI=1S/C21H19NO/c1-17-9-5-7-13-20(17)22-15-19-12-6-8-14-21(19)23-16-18-10-3-2-4-11-18/h2-15H,16H2,1H3. The van der Waals surface area contributed by atoms with Crippen LogP contribution in [-0.2, 0) is 6.61 Å². The first-order valence-corrected chi connectivity index (χ1v) is 7.68. The summed E-state index contributed by atoms with van der Waals surface area (Å²) in [5.74, 6) is 0.841. The Kier molecular flexibility index (Phi) is 4.85. The summed E-state index contributed by atoms with van der Waals surface area (Å²) >= 11 is 0. The third-order valence-electron chi connectivity index (χ3n) is 3.61. The second kappa shape index (κ2) is 7.41. The van der Waals surface area contributed by atoms with Gasteiger partial charge in [-0.3, -0.25) is 4.99 Å². The van der Waals surface area contributed by atoms with Crippen molar-refractivity contribution in [3.8, 4) is 5.75 Å². The zero-order valence-corrected chi connectivity index (χ0v) is 13.1. The quantitative estimate of drug-likeness (QED) is 0.584. The van der Waals surface area contributed by atoms with Crippen LogP contribution in [0.5, 0.6) is 5.75 Å². The predicted octanol–water partition coefficient (Wildman–Crippen LogP) is 5.32. The molecule has 0 spiro atoms. The fourth-order valence-electron chi connectivity index (χ4n) is 2.30. The zero-order chi connectivity index (χ0) is 15.9. The van der Waals surface area contributed by atoms with Gasteiger partial charge < -0.3 is 4.74 Å². The van der Waals surface area contributed by atoms with Gasteiger partial charge >= 0.3 is 0 Å². The van der Waals surface area contributed by atoms with E-state index >= 15 is 0 Å². The van der Waals surface area contributed by atoms with Crippen LogP contribution in [0.1, 0.15) is 16.7 Å². The third-order valence-corrected chi connectivity index (χ3v) is 3.61. The maximum absolute atomic E-state index is 5.95. The highest BCUT2D eigenvalue weighted by molar-refractivity contribution is 5.85. The summed E-state index contributed by atoms with van der Waals surface area (Å²) in [6, 6.07) is 26.2. The van der Waals surface area contributed by atoms with E-state index in [2.05, 4.69) is 30.1 Å². The lowest BCUT2D eigenvalue weighted by atomic mass is 10.2. The molecule has 2 nitrogen and oxygen atoms in total. The van der Waals surface area contributed by atoms with Gasteiger partial charge in [-0.25, -0.2) is 0 Å². The molecular weight excluding hydrogens is 282 g/mol. The summed E-state index contributed by atoms with van der Waals surface area (Å²) < 4.78 is 5.95. The average Bonchev–Trinajstić information content (AvgIpc) is 2.61. The van der Waals surface area contributed by atoms with Gasteiger partial charge in [0.25, 0.3) is 0 Å². The maximum atomic E-state index is 5.95. The van der Waals surface area contributed by atoms with E-state index in [1.165, 1.54) is 0 Å². The van der Waals surface area contributed by atoms with Crippen molar-refractivity contribution in [1.29, 1.82) is 0 Å². The molecule has 0 aliphatic heterocycles. The molecule has 0 radical (unpaired) electrons. The first-order chi connectivity index (χ1) is 11.3. The van der Waals surface area contributed by atoms with Gasteiger partial charge in [0.2, 0.25) is 0 Å². The van der Waals surface area contributed by atoms with Crippen LogP contribution in [0.15, 0.2) is 83.9 Å². The molecule has 0 atom stereocenters. The molecule has 0 amide bonds. The van der Waals surface area contributed by atoms with Crippen LogP contribution in [0.2, 0.25) is 0 Å². The van der Waals surface area contributed by atoms with Gasteiger partial charge in [0.05, 0.1) is 5.69 Å². The van der Waals surface area contributed by atoms with Crippen molar-refractivity contribution in [2.75, 3.05) is 0 Å². The molecule has 0 saturated carbocycles. The minimum absolute atomic E-state index is 0.552. The van der Waals surface area contributed by atoms with E-state index in [4.69, 9.17) is 4.74 Å². The van der Waals surface area contributed by atoms with Crippen molar-refractivity contribution in [3.63, 3.8) is 0 Å². The van der Waals surface area contributed by atoms with Gasteiger partial charge in [-0.2, -0.15) is 0 Å². The van der Waals surface area contributed by atoms with Crippen LogP contribution >= 0.6 is 0 Å². The van der Waals surface area contributed by atoms with Crippen LogP contribution in [-0.4, -0.2) is 6.21 Å². The number of para-hydroxylation sites is 2. The normalized spacial score (nSPS) is 10.8. The van der Waals surface area contributed by atoms with E-state index in [1.807, 2.05) is 66.9 Å². The lowest BCUT2D eigenvalue weighted by molar-refractivity contribution is 0.306. The number of hydrogen-bond donors (Lipinski definition) is 0. The lowest BCUT2D eigenvalue weighted by Crippen LogP contribution is -1.98. The zero-order valence-electron chi connectivity index (χ0n) is 13.1. The second-order valence-corrected chi connectivity index (χ2v) is 5.36. The summed E-state index contributed by atoms with van der Waals surface area (Å²) in [6.07, 6.45) is 1.86. The fraction of sp³-hybridized carbons (Fsp3) is 0.0952. The Morgan fingerprint density at radius 3 is 2.35 bits per heavy atom. The van der Waals surface area contributed by atoms with Crippen molar-refractivity contribution < 1.29 is 4.74 Å². The van der Waals surface area contributed by atoms with Crippen molar-refractivity contribution >= 4 is 11.9 Å². The van der Waals surface area contributed by atoms with Crippen molar-refractivity contribution in [3.05, 3.63) is 95.6 Å². The molecule has 0 N–H and O–H groups in total. The minimum Gasteiger partial charge on any atom is -0.488 e. The first-order valence-electron chi connectivity index (χ1n) is 7.68. The van der Waals surface area contributed by atoms with Crippen LogP contribution in [0.25, 0.3) is 0 Å². The predicted molar refractivity (Wildman–Crippen MR) is 95.6 cm³/mol. The Bertz CT molecular complexity index is 794. The SMILES string of the molecule is Cc1ccccc1N=Cc1ccccc1OCc1ccccc1. The van der Waals surface area contributed by atoms with Crippen molar-refractivity contribution in [1.82, 2.24) is 0 Å². The molecule has 0 unspecified atom stereocenters. The summed E-state index contributed by atoms with van der Waals surface area (Å²) in [6.45, 7) is 2.61. The van der Waals surface area contributed by atoms with Crippen LogP contribution in [0.3, 0.4) is 0 Å². The third kappa shape index (κ3) is 4.07. The van der Waals surface area contributed by atoms with Gasteiger partial charge in [-0.1, -0.05) is 60.7 Å². The van der Waals surface area contributed by atoms with E-state index in [1.54, 1.807) is 0 Å². The summed E-state index contributed by atoms with van der Waals surface area (Å²) in [5, 5.41) is 0. The highest BCUT2D eigenvalue weighted by Crippen LogP contribution is 2.21. The van der Waals surface area contributed by atoms with Gasteiger partial charge in [0.1, 0.15) is 12.4 Å². The number of hydrogen-bond acceptors (Lipinski definition) is 2. The second-order valence-electron chi connectivity index (χ2n) is 5.36. The number of benzene rings is 3. The highest BCUT2D eigenvalue weighted by Gasteiger charge is 2.01. The molecule has 3 aromatic carbocycles. The largest absolute Gasteiger partial charge is 0.488 e. The van der Waals surface area contributed by atoms with E-state index in [-0.39, 0.29) is 0 Å². The van der Waals surface area contributed by atoms with E-state index in [0.717, 1.165) is 28.1 Å². The van der Waals surface area contributed by atoms with Crippen LogP contribution in [0, 0.1) is 6.92 Å². The van der Waals surface area contributed by atoms with E-state index in [0.29, 0.717) is 6.61 Å². The topological polar surface area (TPSA) is 21.6 Å². The molecule has 0 fully saturated rings. The Morgan fingerprint density at radius 1 is 0.826 bits per heavy atom. The molecule has 3 aromatic rings. The maximum Gasteiger partial charge on any atom is 0.128 e. The lowest BCUT2D eigenvalue weighted by Gasteiger charge is -2.09. The Hall–Kier alpha value is -2.87. The van der Waals surface area contributed by atoms with Gasteiger partial charge in [-0.15, -0.1) is 0 Å². The van der Waals surface area contributed by atoms with Gasteiger partial charge in [0.15, 0.2) is 0 Å². The van der Waals surface area contributed by atoms with E-state index < -0.39 is 0 Å².